The van der Waals surface area contributed by atoms with E-state index in [2.05, 4.69) is 33.9 Å². The molecular formula is C22H30O3Si. The number of hydrogen-bond acceptors (Lipinski definition) is 3. The maximum Gasteiger partial charge on any atom is 0.250 e. The summed E-state index contributed by atoms with van der Waals surface area (Å²) in [5.74, 6) is 1.68. The van der Waals surface area contributed by atoms with Crippen molar-refractivity contribution in [3.05, 3.63) is 58.7 Å². The highest BCUT2D eigenvalue weighted by atomic mass is 28.4. The van der Waals surface area contributed by atoms with Gasteiger partial charge in [-0.2, -0.15) is 0 Å². The molecule has 0 atom stereocenters. The summed E-state index contributed by atoms with van der Waals surface area (Å²) in [4.78, 5) is 11.4. The largest absolute Gasteiger partial charge is 0.543 e. The standard InChI is InChI=1S/C22H30O3Si/c1-16-9-8-10-17(2)21(16)24-15-19-13-20(12-11-18(19)14-23)25-26(6,7)22(3,4)5/h8-14H,15H2,1-7H3. The smallest absolute Gasteiger partial charge is 0.250 e. The van der Waals surface area contributed by atoms with Gasteiger partial charge in [0.15, 0.2) is 0 Å². The maximum atomic E-state index is 11.4. The Labute approximate surface area is 158 Å². The number of para-hydroxylation sites is 1. The van der Waals surface area contributed by atoms with Gasteiger partial charge >= 0.3 is 0 Å². The lowest BCUT2D eigenvalue weighted by atomic mass is 10.1. The highest BCUT2D eigenvalue weighted by Crippen LogP contribution is 2.37. The Balaban J connectivity index is 2.26. The average molecular weight is 371 g/mol. The van der Waals surface area contributed by atoms with Gasteiger partial charge in [-0.3, -0.25) is 4.79 Å². The van der Waals surface area contributed by atoms with Crippen LogP contribution in [0.15, 0.2) is 36.4 Å². The predicted molar refractivity (Wildman–Crippen MR) is 110 cm³/mol. The molecule has 0 aliphatic rings. The topological polar surface area (TPSA) is 35.5 Å². The zero-order chi connectivity index (χ0) is 19.5. The Morgan fingerprint density at radius 3 is 2.19 bits per heavy atom. The molecule has 0 bridgehead atoms. The molecule has 0 heterocycles. The second-order valence-corrected chi connectivity index (χ2v) is 13.1. The fourth-order valence-electron chi connectivity index (χ4n) is 2.51. The molecule has 0 aromatic heterocycles. The average Bonchev–Trinajstić information content (AvgIpc) is 2.53. The van der Waals surface area contributed by atoms with Crippen molar-refractivity contribution in [2.24, 2.45) is 0 Å². The number of carbonyl (C=O) groups is 1. The Morgan fingerprint density at radius 1 is 1.04 bits per heavy atom. The molecule has 0 unspecified atom stereocenters. The molecule has 0 N–H and O–H groups in total. The number of carbonyl (C=O) groups excluding carboxylic acids is 1. The zero-order valence-corrected chi connectivity index (χ0v) is 18.0. The van der Waals surface area contributed by atoms with E-state index in [-0.39, 0.29) is 5.04 Å². The van der Waals surface area contributed by atoms with Crippen LogP contribution < -0.4 is 9.16 Å². The van der Waals surface area contributed by atoms with Crippen molar-refractivity contribution in [2.75, 3.05) is 0 Å². The molecule has 0 radical (unpaired) electrons. The van der Waals surface area contributed by atoms with E-state index in [1.54, 1.807) is 0 Å². The number of aryl methyl sites for hydroxylation is 2. The molecular weight excluding hydrogens is 340 g/mol. The Morgan fingerprint density at radius 2 is 1.65 bits per heavy atom. The molecule has 26 heavy (non-hydrogen) atoms. The van der Waals surface area contributed by atoms with Gasteiger partial charge < -0.3 is 9.16 Å². The minimum absolute atomic E-state index is 0.116. The number of ether oxygens (including phenoxy) is 1. The van der Waals surface area contributed by atoms with Gasteiger partial charge in [-0.25, -0.2) is 0 Å². The van der Waals surface area contributed by atoms with Gasteiger partial charge in [-0.1, -0.05) is 39.0 Å². The second-order valence-electron chi connectivity index (χ2n) is 8.35. The number of aldehydes is 1. The van der Waals surface area contributed by atoms with Crippen LogP contribution in [0.3, 0.4) is 0 Å². The Bertz CT molecular complexity index is 768. The van der Waals surface area contributed by atoms with E-state index in [0.717, 1.165) is 34.5 Å². The third-order valence-corrected chi connectivity index (χ3v) is 9.56. The number of hydrogen-bond donors (Lipinski definition) is 0. The minimum Gasteiger partial charge on any atom is -0.543 e. The fourth-order valence-corrected chi connectivity index (χ4v) is 3.53. The molecule has 0 amide bonds. The normalized spacial score (nSPS) is 12.0. The van der Waals surface area contributed by atoms with Crippen LogP contribution in [0.4, 0.5) is 0 Å². The molecule has 140 valence electrons. The van der Waals surface area contributed by atoms with Crippen molar-refractivity contribution < 1.29 is 14.0 Å². The molecule has 0 saturated carbocycles. The highest BCUT2D eigenvalue weighted by Gasteiger charge is 2.39. The van der Waals surface area contributed by atoms with Crippen molar-refractivity contribution in [1.29, 1.82) is 0 Å². The van der Waals surface area contributed by atoms with Crippen molar-refractivity contribution in [1.82, 2.24) is 0 Å². The molecule has 4 heteroatoms. The van der Waals surface area contributed by atoms with E-state index in [1.807, 2.05) is 50.2 Å². The van der Waals surface area contributed by atoms with Gasteiger partial charge in [-0.05, 0) is 61.3 Å². The molecule has 0 fully saturated rings. The van der Waals surface area contributed by atoms with Gasteiger partial charge in [0.1, 0.15) is 24.4 Å². The van der Waals surface area contributed by atoms with E-state index in [1.165, 1.54) is 0 Å². The molecule has 0 saturated heterocycles. The van der Waals surface area contributed by atoms with E-state index in [0.29, 0.717) is 12.2 Å². The lowest BCUT2D eigenvalue weighted by Crippen LogP contribution is -2.43. The van der Waals surface area contributed by atoms with Crippen LogP contribution in [0.1, 0.15) is 47.8 Å². The third kappa shape index (κ3) is 4.55. The summed E-state index contributed by atoms with van der Waals surface area (Å²) in [6.07, 6.45) is 0.875. The van der Waals surface area contributed by atoms with E-state index < -0.39 is 8.32 Å². The summed E-state index contributed by atoms with van der Waals surface area (Å²) in [5, 5.41) is 0.116. The van der Waals surface area contributed by atoms with Crippen LogP contribution in [0.25, 0.3) is 0 Å². The number of rotatable bonds is 6. The van der Waals surface area contributed by atoms with Crippen LogP contribution in [0.2, 0.25) is 18.1 Å². The zero-order valence-electron chi connectivity index (χ0n) is 17.0. The molecule has 0 aliphatic heterocycles. The van der Waals surface area contributed by atoms with Crippen LogP contribution in [0, 0.1) is 13.8 Å². The van der Waals surface area contributed by atoms with Crippen molar-refractivity contribution in [3.8, 4) is 11.5 Å². The van der Waals surface area contributed by atoms with Gasteiger partial charge in [-0.15, -0.1) is 0 Å². The highest BCUT2D eigenvalue weighted by molar-refractivity contribution is 6.74. The molecule has 0 spiro atoms. The van der Waals surface area contributed by atoms with Crippen molar-refractivity contribution >= 4 is 14.6 Å². The maximum absolute atomic E-state index is 11.4. The quantitative estimate of drug-likeness (QED) is 0.457. The summed E-state index contributed by atoms with van der Waals surface area (Å²) < 4.78 is 12.4. The molecule has 0 aliphatic carbocycles. The first-order valence-electron chi connectivity index (χ1n) is 9.01. The molecule has 2 aromatic rings. The first-order valence-corrected chi connectivity index (χ1v) is 11.9. The van der Waals surface area contributed by atoms with Crippen molar-refractivity contribution in [2.45, 2.75) is 59.4 Å². The Hall–Kier alpha value is -2.07. The van der Waals surface area contributed by atoms with E-state index in [9.17, 15) is 4.79 Å². The lowest BCUT2D eigenvalue weighted by Gasteiger charge is -2.36. The molecule has 2 aromatic carbocycles. The first kappa shape index (κ1) is 20.2. The van der Waals surface area contributed by atoms with Crippen LogP contribution in [-0.4, -0.2) is 14.6 Å². The molecule has 3 nitrogen and oxygen atoms in total. The van der Waals surface area contributed by atoms with Crippen LogP contribution in [0.5, 0.6) is 11.5 Å². The van der Waals surface area contributed by atoms with Gasteiger partial charge in [0.25, 0.3) is 0 Å². The first-order chi connectivity index (χ1) is 12.0. The molecule has 2 rings (SSSR count). The third-order valence-electron chi connectivity index (χ3n) is 5.20. The predicted octanol–water partition coefficient (Wildman–Crippen LogP) is 6.08. The number of benzene rings is 2. The van der Waals surface area contributed by atoms with Gasteiger partial charge in [0.2, 0.25) is 8.32 Å². The minimum atomic E-state index is -1.93. The summed E-state index contributed by atoms with van der Waals surface area (Å²) in [6.45, 7) is 15.5. The SMILES string of the molecule is Cc1cccc(C)c1OCc1cc(O[Si](C)(C)C(C)(C)C)ccc1C=O. The fraction of sp³-hybridized carbons (Fsp3) is 0.409. The monoisotopic (exact) mass is 370 g/mol. The summed E-state index contributed by atoms with van der Waals surface area (Å²) in [6, 6.07) is 11.7. The van der Waals surface area contributed by atoms with Crippen LogP contribution >= 0.6 is 0 Å². The van der Waals surface area contributed by atoms with Crippen LogP contribution in [-0.2, 0) is 6.61 Å². The van der Waals surface area contributed by atoms with Crippen molar-refractivity contribution in [3.63, 3.8) is 0 Å². The van der Waals surface area contributed by atoms with E-state index >= 15 is 0 Å². The lowest BCUT2D eigenvalue weighted by molar-refractivity contribution is 0.112. The van der Waals surface area contributed by atoms with E-state index in [4.69, 9.17) is 9.16 Å². The summed E-state index contributed by atoms with van der Waals surface area (Å²) in [7, 11) is -1.93. The Kier molecular flexibility index (Phi) is 5.97. The second kappa shape index (κ2) is 7.66. The van der Waals surface area contributed by atoms with Gasteiger partial charge in [0.05, 0.1) is 0 Å². The summed E-state index contributed by atoms with van der Waals surface area (Å²) >= 11 is 0. The summed E-state index contributed by atoms with van der Waals surface area (Å²) in [5.41, 5.74) is 3.66. The van der Waals surface area contributed by atoms with Gasteiger partial charge in [0, 0.05) is 11.1 Å².